The highest BCUT2D eigenvalue weighted by molar-refractivity contribution is 6.32. The number of amides is 2. The molecule has 6 heteroatoms. The summed E-state index contributed by atoms with van der Waals surface area (Å²) in [5.74, 6) is 0.162. The van der Waals surface area contributed by atoms with Crippen molar-refractivity contribution < 1.29 is 14.3 Å². The van der Waals surface area contributed by atoms with Crippen LogP contribution in [0.25, 0.3) is 0 Å². The molecule has 0 radical (unpaired) electrons. The van der Waals surface area contributed by atoms with Crippen LogP contribution in [0.1, 0.15) is 33.6 Å². The van der Waals surface area contributed by atoms with Gasteiger partial charge in [0.05, 0.1) is 11.6 Å². The molecule has 0 fully saturated rings. The minimum absolute atomic E-state index is 0.0563. The highest BCUT2D eigenvalue weighted by Crippen LogP contribution is 2.28. The molecule has 130 valence electrons. The van der Waals surface area contributed by atoms with Gasteiger partial charge in [-0.2, -0.15) is 0 Å². The van der Waals surface area contributed by atoms with Crippen LogP contribution in [-0.2, 0) is 9.59 Å². The summed E-state index contributed by atoms with van der Waals surface area (Å²) >= 11 is 6.06. The number of benzene rings is 1. The number of hydrogen-bond acceptors (Lipinski definition) is 3. The van der Waals surface area contributed by atoms with E-state index in [2.05, 4.69) is 20.8 Å². The first kappa shape index (κ1) is 18.3. The Labute approximate surface area is 147 Å². The van der Waals surface area contributed by atoms with Crippen molar-refractivity contribution in [1.29, 1.82) is 0 Å². The van der Waals surface area contributed by atoms with Gasteiger partial charge in [0, 0.05) is 6.08 Å². The van der Waals surface area contributed by atoms with E-state index in [4.69, 9.17) is 22.1 Å². The summed E-state index contributed by atoms with van der Waals surface area (Å²) in [6, 6.07) is 6.39. The zero-order valence-corrected chi connectivity index (χ0v) is 15.0. The lowest BCUT2D eigenvalue weighted by Crippen LogP contribution is -2.46. The van der Waals surface area contributed by atoms with Gasteiger partial charge in [-0.1, -0.05) is 44.5 Å². The number of nitrogens with two attached hydrogens (primary N) is 1. The zero-order valence-electron chi connectivity index (χ0n) is 14.2. The van der Waals surface area contributed by atoms with E-state index in [0.29, 0.717) is 23.0 Å². The van der Waals surface area contributed by atoms with Crippen LogP contribution >= 0.6 is 11.6 Å². The van der Waals surface area contributed by atoms with Crippen LogP contribution in [0.15, 0.2) is 36.1 Å². The predicted octanol–water partition coefficient (Wildman–Crippen LogP) is 3.13. The van der Waals surface area contributed by atoms with E-state index in [9.17, 15) is 9.59 Å². The Hall–Kier alpha value is -2.01. The van der Waals surface area contributed by atoms with E-state index < -0.39 is 11.9 Å². The quantitative estimate of drug-likeness (QED) is 0.856. The number of carbonyl (C=O) groups excluding carboxylic acids is 2. The van der Waals surface area contributed by atoms with Gasteiger partial charge >= 0.3 is 0 Å². The average molecular weight is 351 g/mol. The van der Waals surface area contributed by atoms with Gasteiger partial charge in [-0.05, 0) is 30.4 Å². The van der Waals surface area contributed by atoms with Crippen molar-refractivity contribution in [3.8, 4) is 5.75 Å². The third kappa shape index (κ3) is 4.74. The van der Waals surface area contributed by atoms with Crippen molar-refractivity contribution in [1.82, 2.24) is 4.90 Å². The Morgan fingerprint density at radius 3 is 2.62 bits per heavy atom. The molecule has 2 amide bonds. The molecule has 1 aromatic rings. The Morgan fingerprint density at radius 2 is 2.04 bits per heavy atom. The van der Waals surface area contributed by atoms with Gasteiger partial charge in [-0.15, -0.1) is 0 Å². The summed E-state index contributed by atoms with van der Waals surface area (Å²) < 4.78 is 5.70. The molecular formula is C18H23ClN2O3. The van der Waals surface area contributed by atoms with E-state index in [1.807, 2.05) is 0 Å². The summed E-state index contributed by atoms with van der Waals surface area (Å²) in [5, 5.41) is 0.462. The van der Waals surface area contributed by atoms with Crippen LogP contribution in [0.4, 0.5) is 0 Å². The molecule has 1 atom stereocenters. The van der Waals surface area contributed by atoms with Crippen molar-refractivity contribution in [2.24, 2.45) is 11.1 Å². The maximum Gasteiger partial charge on any atom is 0.251 e. The summed E-state index contributed by atoms with van der Waals surface area (Å²) in [6.07, 6.45) is 2.69. The molecule has 0 aromatic heterocycles. The van der Waals surface area contributed by atoms with E-state index in [-0.39, 0.29) is 17.9 Å². The molecule has 0 saturated carbocycles. The van der Waals surface area contributed by atoms with Crippen LogP contribution in [0.3, 0.4) is 0 Å². The first-order chi connectivity index (χ1) is 11.2. The number of para-hydroxylation sites is 1. The van der Waals surface area contributed by atoms with Crippen molar-refractivity contribution in [2.45, 2.75) is 39.7 Å². The van der Waals surface area contributed by atoms with Gasteiger partial charge < -0.3 is 15.4 Å². The Morgan fingerprint density at radius 1 is 1.38 bits per heavy atom. The molecule has 0 spiro atoms. The minimum atomic E-state index is -0.639. The number of nitrogens with zero attached hydrogens (tertiary/aromatic N) is 1. The van der Waals surface area contributed by atoms with Gasteiger partial charge in [-0.3, -0.25) is 9.59 Å². The summed E-state index contributed by atoms with van der Waals surface area (Å²) in [6.45, 7) is 6.46. The molecule has 2 N–H and O–H groups in total. The molecule has 2 rings (SSSR count). The van der Waals surface area contributed by atoms with Gasteiger partial charge in [0.15, 0.2) is 0 Å². The lowest BCUT2D eigenvalue weighted by molar-refractivity contribution is -0.134. The molecule has 0 bridgehead atoms. The number of primary amides is 1. The topological polar surface area (TPSA) is 72.6 Å². The molecule has 1 heterocycles. The van der Waals surface area contributed by atoms with Crippen molar-refractivity contribution in [2.75, 3.05) is 6.54 Å². The highest BCUT2D eigenvalue weighted by Gasteiger charge is 2.33. The second-order valence-electron chi connectivity index (χ2n) is 7.13. The second kappa shape index (κ2) is 7.26. The molecule has 5 nitrogen and oxygen atoms in total. The molecule has 1 unspecified atom stereocenters. The Kier molecular flexibility index (Phi) is 5.54. The number of hydrogen-bond donors (Lipinski definition) is 1. The maximum absolute atomic E-state index is 12.3. The number of halogens is 1. The summed E-state index contributed by atoms with van der Waals surface area (Å²) in [5.41, 5.74) is 5.57. The highest BCUT2D eigenvalue weighted by atomic mass is 35.5. The monoisotopic (exact) mass is 350 g/mol. The molecule has 24 heavy (non-hydrogen) atoms. The number of rotatable bonds is 6. The zero-order chi connectivity index (χ0) is 17.9. The van der Waals surface area contributed by atoms with Crippen LogP contribution in [0.5, 0.6) is 5.75 Å². The van der Waals surface area contributed by atoms with Crippen LogP contribution in [0.2, 0.25) is 5.02 Å². The minimum Gasteiger partial charge on any atom is -0.458 e. The maximum atomic E-state index is 12.3. The Balaban J connectivity index is 2.06. The third-order valence-electron chi connectivity index (χ3n) is 3.84. The number of ether oxygens (including phenoxy) is 1. The lowest BCUT2D eigenvalue weighted by atomic mass is 9.88. The van der Waals surface area contributed by atoms with Crippen molar-refractivity contribution in [3.05, 3.63) is 41.1 Å². The first-order valence-corrected chi connectivity index (χ1v) is 8.28. The first-order valence-electron chi connectivity index (χ1n) is 7.90. The Bertz CT molecular complexity index is 664. The van der Waals surface area contributed by atoms with Crippen molar-refractivity contribution in [3.63, 3.8) is 0 Å². The summed E-state index contributed by atoms with van der Waals surface area (Å²) in [7, 11) is 0. The van der Waals surface area contributed by atoms with Crippen LogP contribution in [0, 0.1) is 5.41 Å². The lowest BCUT2D eigenvalue weighted by Gasteiger charge is -2.28. The molecule has 0 saturated heterocycles. The fourth-order valence-corrected chi connectivity index (χ4v) is 2.70. The molecular weight excluding hydrogens is 328 g/mol. The second-order valence-corrected chi connectivity index (χ2v) is 7.53. The molecule has 0 aliphatic carbocycles. The molecule has 1 aliphatic heterocycles. The predicted molar refractivity (Wildman–Crippen MR) is 93.5 cm³/mol. The largest absolute Gasteiger partial charge is 0.458 e. The van der Waals surface area contributed by atoms with E-state index in [0.717, 1.165) is 6.42 Å². The SMILES string of the molecule is CC(C)(C)CCC(C(N)=O)N1CC(Oc2ccccc2Cl)=CC1=O. The summed E-state index contributed by atoms with van der Waals surface area (Å²) in [4.78, 5) is 25.5. The van der Waals surface area contributed by atoms with Gasteiger partial charge in [0.25, 0.3) is 5.91 Å². The number of carbonyl (C=O) groups is 2. The average Bonchev–Trinajstić information content (AvgIpc) is 2.81. The van der Waals surface area contributed by atoms with Gasteiger partial charge in [-0.25, -0.2) is 0 Å². The fraction of sp³-hybridized carbons (Fsp3) is 0.444. The van der Waals surface area contributed by atoms with Crippen LogP contribution in [-0.4, -0.2) is 29.3 Å². The van der Waals surface area contributed by atoms with Gasteiger partial charge in [0.1, 0.15) is 17.6 Å². The van der Waals surface area contributed by atoms with Gasteiger partial charge in [0.2, 0.25) is 5.91 Å². The van der Waals surface area contributed by atoms with Crippen molar-refractivity contribution >= 4 is 23.4 Å². The standard InChI is InChI=1S/C18H23ClN2O3/c1-18(2,3)9-8-14(17(20)23)21-11-12(10-16(21)22)24-15-7-5-4-6-13(15)19/h4-7,10,14H,8-9,11H2,1-3H3,(H2,20,23). The van der Waals surface area contributed by atoms with E-state index >= 15 is 0 Å². The smallest absolute Gasteiger partial charge is 0.251 e. The molecule has 1 aromatic carbocycles. The normalized spacial score (nSPS) is 16.1. The van der Waals surface area contributed by atoms with E-state index in [1.165, 1.54) is 11.0 Å². The van der Waals surface area contributed by atoms with Crippen LogP contribution < -0.4 is 10.5 Å². The fourth-order valence-electron chi connectivity index (χ4n) is 2.53. The van der Waals surface area contributed by atoms with E-state index in [1.54, 1.807) is 24.3 Å². The third-order valence-corrected chi connectivity index (χ3v) is 4.16. The molecule has 1 aliphatic rings.